The molecule has 2 N–H and O–H groups in total. The summed E-state index contributed by atoms with van der Waals surface area (Å²) in [4.78, 5) is 24.5. The topological polar surface area (TPSA) is 67.4 Å². The van der Waals surface area contributed by atoms with Crippen molar-refractivity contribution in [2.75, 3.05) is 5.32 Å². The lowest BCUT2D eigenvalue weighted by Gasteiger charge is -2.27. The monoisotopic (exact) mass is 400 g/mol. The summed E-state index contributed by atoms with van der Waals surface area (Å²) in [6.45, 7) is 5.36. The first-order chi connectivity index (χ1) is 13.2. The highest BCUT2D eigenvalue weighted by atomic mass is 35.5. The van der Waals surface area contributed by atoms with Gasteiger partial charge in [0.05, 0.1) is 6.04 Å². The Bertz CT molecular complexity index is 843. The summed E-state index contributed by atoms with van der Waals surface area (Å²) in [5.74, 6) is 0.602. The molecule has 0 radical (unpaired) electrons. The molecule has 0 bridgehead atoms. The van der Waals surface area contributed by atoms with E-state index in [1.165, 1.54) is 0 Å². The minimum absolute atomic E-state index is 0.0789. The molecule has 1 unspecified atom stereocenters. The van der Waals surface area contributed by atoms with Crippen LogP contribution in [0, 0.1) is 5.92 Å². The number of hydrogen-bond donors (Lipinski definition) is 2. The van der Waals surface area contributed by atoms with Crippen LogP contribution in [0.15, 0.2) is 48.5 Å². The molecule has 1 atom stereocenters. The highest BCUT2D eigenvalue weighted by molar-refractivity contribution is 6.30. The number of carbonyl (C=O) groups excluding carboxylic acids is 2. The quantitative estimate of drug-likeness (QED) is 0.706. The fourth-order valence-corrected chi connectivity index (χ4v) is 2.87. The molecule has 0 heterocycles. The molecule has 1 aliphatic rings. The smallest absolute Gasteiger partial charge is 0.264 e. The summed E-state index contributed by atoms with van der Waals surface area (Å²) < 4.78 is 5.83. The van der Waals surface area contributed by atoms with Crippen molar-refractivity contribution in [1.29, 1.82) is 0 Å². The maximum Gasteiger partial charge on any atom is 0.264 e. The van der Waals surface area contributed by atoms with E-state index in [0.29, 0.717) is 10.8 Å². The molecule has 2 aromatic rings. The molecule has 1 saturated carbocycles. The number of amides is 2. The Balaban J connectivity index is 1.57. The maximum absolute atomic E-state index is 12.7. The molecule has 28 heavy (non-hydrogen) atoms. The van der Waals surface area contributed by atoms with Crippen LogP contribution < -0.4 is 15.4 Å². The molecule has 3 rings (SSSR count). The molecule has 0 saturated heterocycles. The van der Waals surface area contributed by atoms with E-state index < -0.39 is 5.60 Å². The van der Waals surface area contributed by atoms with Crippen LogP contribution in [-0.4, -0.2) is 17.4 Å². The fraction of sp³-hybridized carbons (Fsp3) is 0.364. The van der Waals surface area contributed by atoms with Crippen molar-refractivity contribution in [3.05, 3.63) is 59.1 Å². The van der Waals surface area contributed by atoms with Gasteiger partial charge in [-0.3, -0.25) is 9.59 Å². The molecule has 6 heteroatoms. The van der Waals surface area contributed by atoms with E-state index in [-0.39, 0.29) is 23.8 Å². The van der Waals surface area contributed by atoms with Crippen molar-refractivity contribution < 1.29 is 14.3 Å². The molecule has 0 aliphatic heterocycles. The summed E-state index contributed by atoms with van der Waals surface area (Å²) in [5, 5.41) is 6.50. The van der Waals surface area contributed by atoms with Crippen molar-refractivity contribution in [3.63, 3.8) is 0 Å². The number of benzene rings is 2. The van der Waals surface area contributed by atoms with Gasteiger partial charge >= 0.3 is 0 Å². The van der Waals surface area contributed by atoms with Crippen LogP contribution in [0.25, 0.3) is 0 Å². The summed E-state index contributed by atoms with van der Waals surface area (Å²) in [6, 6.07) is 14.2. The second-order valence-electron chi connectivity index (χ2n) is 7.65. The Morgan fingerprint density at radius 3 is 2.25 bits per heavy atom. The average Bonchev–Trinajstić information content (AvgIpc) is 3.49. The third-order valence-electron chi connectivity index (χ3n) is 4.71. The van der Waals surface area contributed by atoms with Crippen molar-refractivity contribution in [2.24, 2.45) is 5.92 Å². The van der Waals surface area contributed by atoms with Crippen LogP contribution in [-0.2, 0) is 9.59 Å². The van der Waals surface area contributed by atoms with Gasteiger partial charge in [-0.1, -0.05) is 23.7 Å². The number of nitrogens with one attached hydrogen (secondary N) is 2. The fourth-order valence-electron chi connectivity index (χ4n) is 2.74. The zero-order chi connectivity index (χ0) is 20.3. The molecule has 1 fully saturated rings. The molecular formula is C22H25ClN2O3. The number of carbonyl (C=O) groups is 2. The van der Waals surface area contributed by atoms with Crippen molar-refractivity contribution in [2.45, 2.75) is 45.3 Å². The van der Waals surface area contributed by atoms with Gasteiger partial charge in [0.15, 0.2) is 5.60 Å². The highest BCUT2D eigenvalue weighted by Crippen LogP contribution is 2.30. The standard InChI is InChI=1S/C22H25ClN2O3/c1-14(15-6-10-18(11-7-15)25-20(26)16-4-5-16)24-21(27)22(2,3)28-19-12-8-17(23)9-13-19/h6-14,16H,4-5H2,1-3H3,(H,24,27)(H,25,26). The predicted octanol–water partition coefficient (Wildman–Crippen LogP) is 4.72. The normalized spacial score (nSPS) is 14.9. The number of ether oxygens (including phenoxy) is 1. The van der Waals surface area contributed by atoms with Gasteiger partial charge in [-0.2, -0.15) is 0 Å². The van der Waals surface area contributed by atoms with Gasteiger partial charge in [-0.05, 0) is 75.6 Å². The molecule has 0 aromatic heterocycles. The first-order valence-electron chi connectivity index (χ1n) is 9.41. The number of anilines is 1. The van der Waals surface area contributed by atoms with Crippen molar-refractivity contribution in [3.8, 4) is 5.75 Å². The van der Waals surface area contributed by atoms with Gasteiger partial charge in [-0.15, -0.1) is 0 Å². The average molecular weight is 401 g/mol. The highest BCUT2D eigenvalue weighted by Gasteiger charge is 2.31. The number of hydrogen-bond acceptors (Lipinski definition) is 3. The molecular weight excluding hydrogens is 376 g/mol. The minimum atomic E-state index is -1.04. The lowest BCUT2D eigenvalue weighted by atomic mass is 10.0. The summed E-state index contributed by atoms with van der Waals surface area (Å²) in [6.07, 6.45) is 1.95. The third-order valence-corrected chi connectivity index (χ3v) is 4.96. The summed E-state index contributed by atoms with van der Waals surface area (Å²) >= 11 is 5.88. The van der Waals surface area contributed by atoms with Crippen molar-refractivity contribution in [1.82, 2.24) is 5.32 Å². The van der Waals surface area contributed by atoms with Gasteiger partial charge in [-0.25, -0.2) is 0 Å². The van der Waals surface area contributed by atoms with E-state index in [9.17, 15) is 9.59 Å². The van der Waals surface area contributed by atoms with Gasteiger partial charge in [0.25, 0.3) is 5.91 Å². The predicted molar refractivity (Wildman–Crippen MR) is 111 cm³/mol. The van der Waals surface area contributed by atoms with Crippen LogP contribution in [0.4, 0.5) is 5.69 Å². The Hall–Kier alpha value is -2.53. The molecule has 1 aliphatic carbocycles. The molecule has 2 aromatic carbocycles. The molecule has 2 amide bonds. The van der Waals surface area contributed by atoms with Crippen LogP contribution >= 0.6 is 11.6 Å². The maximum atomic E-state index is 12.7. The SMILES string of the molecule is CC(NC(=O)C(C)(C)Oc1ccc(Cl)cc1)c1ccc(NC(=O)C2CC2)cc1. The van der Waals surface area contributed by atoms with E-state index in [1.54, 1.807) is 38.1 Å². The lowest BCUT2D eigenvalue weighted by Crippen LogP contribution is -2.47. The number of halogens is 1. The summed E-state index contributed by atoms with van der Waals surface area (Å²) in [5.41, 5.74) is 0.672. The zero-order valence-electron chi connectivity index (χ0n) is 16.3. The first-order valence-corrected chi connectivity index (χ1v) is 9.79. The van der Waals surface area contributed by atoms with E-state index in [2.05, 4.69) is 10.6 Å². The molecule has 0 spiro atoms. The Morgan fingerprint density at radius 1 is 1.07 bits per heavy atom. The van der Waals surface area contributed by atoms with Gasteiger partial charge < -0.3 is 15.4 Å². The van der Waals surface area contributed by atoms with Gasteiger partial charge in [0, 0.05) is 16.6 Å². The third kappa shape index (κ3) is 5.26. The van der Waals surface area contributed by atoms with Crippen LogP contribution in [0.3, 0.4) is 0 Å². The van der Waals surface area contributed by atoms with Crippen molar-refractivity contribution >= 4 is 29.1 Å². The second-order valence-corrected chi connectivity index (χ2v) is 8.08. The molecule has 5 nitrogen and oxygen atoms in total. The lowest BCUT2D eigenvalue weighted by molar-refractivity contribution is -0.134. The van der Waals surface area contributed by atoms with Crippen LogP contribution in [0.2, 0.25) is 5.02 Å². The Labute approximate surface area is 170 Å². The second kappa shape index (κ2) is 8.23. The largest absolute Gasteiger partial charge is 0.478 e. The van der Waals surface area contributed by atoms with Gasteiger partial charge in [0.1, 0.15) is 5.75 Å². The minimum Gasteiger partial charge on any atom is -0.478 e. The van der Waals surface area contributed by atoms with Crippen LogP contribution in [0.5, 0.6) is 5.75 Å². The first kappa shape index (κ1) is 20.2. The molecule has 148 valence electrons. The van der Waals surface area contributed by atoms with E-state index in [4.69, 9.17) is 16.3 Å². The van der Waals surface area contributed by atoms with E-state index in [1.807, 2.05) is 31.2 Å². The zero-order valence-corrected chi connectivity index (χ0v) is 17.0. The summed E-state index contributed by atoms with van der Waals surface area (Å²) in [7, 11) is 0. The van der Waals surface area contributed by atoms with Crippen LogP contribution in [0.1, 0.15) is 45.2 Å². The number of rotatable bonds is 7. The van der Waals surface area contributed by atoms with Gasteiger partial charge in [0.2, 0.25) is 5.91 Å². The van der Waals surface area contributed by atoms with E-state index in [0.717, 1.165) is 24.1 Å². The Kier molecular flexibility index (Phi) is 5.94. The van der Waals surface area contributed by atoms with E-state index >= 15 is 0 Å². The Morgan fingerprint density at radius 2 is 1.68 bits per heavy atom.